The first-order valence-corrected chi connectivity index (χ1v) is 19.4. The van der Waals surface area contributed by atoms with E-state index in [1.165, 1.54) is 37.4 Å². The van der Waals surface area contributed by atoms with Crippen molar-refractivity contribution >= 4 is 42.1 Å². The molecular weight excluding hydrogens is 602 g/mol. The number of carbonyl (C=O) groups excluding carboxylic acids is 2. The van der Waals surface area contributed by atoms with Gasteiger partial charge in [-0.05, 0) is 81.2 Å². The van der Waals surface area contributed by atoms with Crippen LogP contribution in [0.15, 0.2) is 30.3 Å². The third-order valence-electron chi connectivity index (χ3n) is 7.35. The number of hydrogen-bond donors (Lipinski definition) is 0. The summed E-state index contributed by atoms with van der Waals surface area (Å²) in [5, 5.41) is -0.146. The summed E-state index contributed by atoms with van der Waals surface area (Å²) in [6.45, 7) is 19.5. The normalized spacial score (nSPS) is 13.8. The second kappa shape index (κ2) is 14.0. The topological polar surface area (TPSA) is 116 Å². The van der Waals surface area contributed by atoms with Gasteiger partial charge in [0.15, 0.2) is 14.1 Å². The zero-order valence-electron chi connectivity index (χ0n) is 28.1. The van der Waals surface area contributed by atoms with Crippen molar-refractivity contribution in [3.05, 3.63) is 47.4 Å². The molecule has 1 unspecified atom stereocenters. The summed E-state index contributed by atoms with van der Waals surface area (Å²) in [6, 6.07) is 5.64. The molecule has 2 aromatic rings. The third-order valence-corrected chi connectivity index (χ3v) is 13.0. The average Bonchev–Trinajstić information content (AvgIpc) is 2.84. The first-order chi connectivity index (χ1) is 19.9. The molecule has 0 aliphatic heterocycles. The summed E-state index contributed by atoms with van der Waals surface area (Å²) in [7, 11) is -4.67. The number of ether oxygens (including phenoxy) is 1. The van der Waals surface area contributed by atoms with Gasteiger partial charge < -0.3 is 9.16 Å². The maximum atomic E-state index is 13.8. The highest BCUT2D eigenvalue weighted by Gasteiger charge is 2.40. The van der Waals surface area contributed by atoms with Crippen LogP contribution < -0.4 is 4.31 Å². The van der Waals surface area contributed by atoms with Gasteiger partial charge in [-0.3, -0.25) is 9.59 Å². The predicted molar refractivity (Wildman–Crippen MR) is 176 cm³/mol. The Morgan fingerprint density at radius 2 is 1.59 bits per heavy atom. The van der Waals surface area contributed by atoms with Gasteiger partial charge in [0.2, 0.25) is 16.0 Å². The van der Waals surface area contributed by atoms with E-state index in [1.807, 2.05) is 13.8 Å². The van der Waals surface area contributed by atoms with E-state index in [9.17, 15) is 22.4 Å². The molecule has 0 radical (unpaired) electrons. The van der Waals surface area contributed by atoms with Crippen LogP contribution in [0.25, 0.3) is 17.3 Å². The molecule has 2 rings (SSSR count). The van der Waals surface area contributed by atoms with Gasteiger partial charge in [-0.25, -0.2) is 27.1 Å². The fraction of sp³-hybridized carbons (Fsp3) is 0.562. The van der Waals surface area contributed by atoms with Gasteiger partial charge in [-0.1, -0.05) is 34.6 Å². The second-order valence-electron chi connectivity index (χ2n) is 13.9. The molecule has 9 nitrogen and oxygen atoms in total. The Hall–Kier alpha value is -2.96. The Kier molecular flexibility index (Phi) is 11.8. The summed E-state index contributed by atoms with van der Waals surface area (Å²) in [4.78, 5) is 35.3. The number of benzene rings is 1. The van der Waals surface area contributed by atoms with Crippen LogP contribution in [-0.4, -0.2) is 63.5 Å². The molecule has 244 valence electrons. The quantitative estimate of drug-likeness (QED) is 0.139. The summed E-state index contributed by atoms with van der Waals surface area (Å²) < 4.78 is 51.4. The van der Waals surface area contributed by atoms with Gasteiger partial charge in [-0.2, -0.15) is 0 Å². The Labute approximate surface area is 263 Å². The third kappa shape index (κ3) is 10.6. The van der Waals surface area contributed by atoms with Crippen LogP contribution >= 0.6 is 0 Å². The van der Waals surface area contributed by atoms with Gasteiger partial charge in [0.1, 0.15) is 11.4 Å². The number of halogens is 1. The fourth-order valence-corrected chi connectivity index (χ4v) is 5.71. The molecular formula is C32H48FN3O6SSi. The number of esters is 1. The highest BCUT2D eigenvalue weighted by atomic mass is 32.2. The van der Waals surface area contributed by atoms with Gasteiger partial charge in [0.05, 0.1) is 30.2 Å². The van der Waals surface area contributed by atoms with Crippen molar-refractivity contribution in [2.45, 2.75) is 104 Å². The Morgan fingerprint density at radius 3 is 2.07 bits per heavy atom. The van der Waals surface area contributed by atoms with E-state index >= 15 is 0 Å². The van der Waals surface area contributed by atoms with Crippen molar-refractivity contribution < 1.29 is 31.6 Å². The number of ketones is 1. The second-order valence-corrected chi connectivity index (χ2v) is 20.6. The molecule has 0 saturated carbocycles. The van der Waals surface area contributed by atoms with Crippen LogP contribution in [0.5, 0.6) is 0 Å². The molecule has 0 bridgehead atoms. The number of sulfonamides is 1. The number of hydrogen-bond acceptors (Lipinski definition) is 8. The van der Waals surface area contributed by atoms with E-state index in [2.05, 4.69) is 43.8 Å². The van der Waals surface area contributed by atoms with Crippen molar-refractivity contribution in [1.82, 2.24) is 9.97 Å². The number of carbonyl (C=O) groups is 2. The van der Waals surface area contributed by atoms with Crippen LogP contribution in [-0.2, 0) is 28.8 Å². The van der Waals surface area contributed by atoms with Gasteiger partial charge in [0.25, 0.3) is 0 Å². The molecule has 0 aliphatic rings. The summed E-state index contributed by atoms with van der Waals surface area (Å²) in [6.07, 6.45) is 3.23. The molecule has 0 N–H and O–H groups in total. The fourth-order valence-electron chi connectivity index (χ4n) is 3.98. The molecule has 0 aliphatic carbocycles. The summed E-state index contributed by atoms with van der Waals surface area (Å²) >= 11 is 0. The molecule has 1 heterocycles. The Balaban J connectivity index is 2.58. The molecule has 12 heteroatoms. The van der Waals surface area contributed by atoms with E-state index in [0.29, 0.717) is 22.5 Å². The van der Waals surface area contributed by atoms with Crippen molar-refractivity contribution in [2.24, 2.45) is 0 Å². The van der Waals surface area contributed by atoms with Gasteiger partial charge in [-0.15, -0.1) is 0 Å². The van der Waals surface area contributed by atoms with Crippen LogP contribution in [0.4, 0.5) is 10.3 Å². The van der Waals surface area contributed by atoms with Crippen LogP contribution in [0.3, 0.4) is 0 Å². The molecule has 0 saturated heterocycles. The van der Waals surface area contributed by atoms with Crippen LogP contribution in [0.1, 0.15) is 85.4 Å². The van der Waals surface area contributed by atoms with Crippen molar-refractivity contribution in [1.29, 1.82) is 0 Å². The summed E-state index contributed by atoms with van der Waals surface area (Å²) in [5.74, 6) is -1.39. The Bertz CT molecular complexity index is 1480. The minimum atomic E-state index is -3.68. The molecule has 1 atom stereocenters. The maximum absolute atomic E-state index is 13.8. The average molecular weight is 650 g/mol. The highest BCUT2D eigenvalue weighted by molar-refractivity contribution is 7.92. The molecule has 0 fully saturated rings. The smallest absolute Gasteiger partial charge is 0.308 e. The van der Waals surface area contributed by atoms with Crippen molar-refractivity contribution in [2.75, 3.05) is 17.6 Å². The van der Waals surface area contributed by atoms with Gasteiger partial charge >= 0.3 is 5.97 Å². The van der Waals surface area contributed by atoms with E-state index in [4.69, 9.17) is 9.16 Å². The first kappa shape index (κ1) is 37.2. The van der Waals surface area contributed by atoms with E-state index in [0.717, 1.165) is 10.6 Å². The molecule has 1 aromatic heterocycles. The number of nitrogens with zero attached hydrogens (tertiary/aromatic N) is 3. The van der Waals surface area contributed by atoms with E-state index in [-0.39, 0.29) is 35.5 Å². The SMILES string of the molecule is CC(C)c1nc(N(C)S(C)(=O)=O)nc(-c2ccc(F)cc2)c1C=CC(=O)CC(CC(=O)OC(C)(C)C)O[Si](C)(C)C(C)(C)C. The van der Waals surface area contributed by atoms with Gasteiger partial charge in [0, 0.05) is 24.6 Å². The lowest BCUT2D eigenvalue weighted by Crippen LogP contribution is -2.45. The standard InChI is InChI=1S/C32H48FN3O6SSi/c1-21(2)28-26(29(22-13-15-23(33)16-14-22)35-30(34-28)36(9)43(10,39)40)18-17-24(37)19-25(20-27(38)41-31(3,4)5)42-44(11,12)32(6,7)8/h13-18,21,25H,19-20H2,1-12H3. The number of anilines is 1. The first-order valence-electron chi connectivity index (χ1n) is 14.6. The molecule has 0 amide bonds. The lowest BCUT2D eigenvalue weighted by atomic mass is 9.97. The van der Waals surface area contributed by atoms with Crippen LogP contribution in [0, 0.1) is 5.82 Å². The minimum absolute atomic E-state index is 0.0424. The minimum Gasteiger partial charge on any atom is -0.460 e. The maximum Gasteiger partial charge on any atom is 0.308 e. The zero-order chi connectivity index (χ0) is 33.8. The molecule has 44 heavy (non-hydrogen) atoms. The number of aromatic nitrogens is 2. The van der Waals surface area contributed by atoms with E-state index < -0.39 is 41.8 Å². The molecule has 0 spiro atoms. The largest absolute Gasteiger partial charge is 0.460 e. The van der Waals surface area contributed by atoms with E-state index in [1.54, 1.807) is 26.8 Å². The van der Waals surface area contributed by atoms with Crippen LogP contribution in [0.2, 0.25) is 18.1 Å². The van der Waals surface area contributed by atoms with Crippen molar-refractivity contribution in [3.8, 4) is 11.3 Å². The molecule has 1 aromatic carbocycles. The Morgan fingerprint density at radius 1 is 1.02 bits per heavy atom. The number of rotatable bonds is 12. The highest BCUT2D eigenvalue weighted by Crippen LogP contribution is 2.38. The predicted octanol–water partition coefficient (Wildman–Crippen LogP) is 6.90. The number of allylic oxidation sites excluding steroid dienone is 1. The zero-order valence-corrected chi connectivity index (χ0v) is 29.9. The van der Waals surface area contributed by atoms with Crippen molar-refractivity contribution in [3.63, 3.8) is 0 Å². The summed E-state index contributed by atoms with van der Waals surface area (Å²) in [5.41, 5.74) is 1.21. The lowest BCUT2D eigenvalue weighted by Gasteiger charge is -2.39. The monoisotopic (exact) mass is 649 g/mol. The lowest BCUT2D eigenvalue weighted by molar-refractivity contribution is -0.156.